The Morgan fingerprint density at radius 1 is 0.905 bits per heavy atom. The van der Waals surface area contributed by atoms with E-state index in [0.29, 0.717) is 13.1 Å². The van der Waals surface area contributed by atoms with Crippen LogP contribution in [-0.4, -0.2) is 60.8 Å². The summed E-state index contributed by atoms with van der Waals surface area (Å²) >= 11 is 0. The minimum absolute atomic E-state index is 0.232. The molecule has 120 valence electrons. The highest BCUT2D eigenvalue weighted by molar-refractivity contribution is 7.86. The molecule has 9 heteroatoms. The van der Waals surface area contributed by atoms with Gasteiger partial charge in [-0.15, -0.1) is 0 Å². The Balaban J connectivity index is 2.69. The fraction of sp³-hybridized carbons (Fsp3) is 0.583. The molecule has 0 fully saturated rings. The number of nitrogens with zero attached hydrogens (tertiary/aromatic N) is 1. The normalized spacial score (nSPS) is 15.4. The van der Waals surface area contributed by atoms with Crippen LogP contribution in [0.1, 0.15) is 19.3 Å². The number of allylic oxidation sites excluding steroid dienone is 4. The molecule has 0 bridgehead atoms. The Labute approximate surface area is 125 Å². The van der Waals surface area contributed by atoms with Gasteiger partial charge in [-0.05, 0) is 6.42 Å². The summed E-state index contributed by atoms with van der Waals surface area (Å²) in [6.45, 7) is 0.741. The van der Waals surface area contributed by atoms with E-state index in [2.05, 4.69) is 0 Å². The van der Waals surface area contributed by atoms with Crippen molar-refractivity contribution in [1.82, 2.24) is 0 Å². The lowest BCUT2D eigenvalue weighted by atomic mass is 10.1. The molecular weight excluding hydrogens is 318 g/mol. The standard InChI is InChI=1S/C12H19NO6S2/c14-20(15,16)10-4-8-13(9-5-11-21(17,18)19)12-6-2-1-3-7-12/h2-3,6-7H,1,4-5,8-11H2,(H-,14,15,16,17,18,19)/p+1. The molecule has 0 heterocycles. The summed E-state index contributed by atoms with van der Waals surface area (Å²) in [4.78, 5) is 0. The van der Waals surface area contributed by atoms with Gasteiger partial charge in [0.15, 0.2) is 5.71 Å². The zero-order valence-electron chi connectivity index (χ0n) is 11.6. The van der Waals surface area contributed by atoms with Crippen molar-refractivity contribution < 1.29 is 30.5 Å². The molecule has 0 aromatic carbocycles. The van der Waals surface area contributed by atoms with Crippen LogP contribution in [0.4, 0.5) is 0 Å². The van der Waals surface area contributed by atoms with Crippen molar-refractivity contribution >= 4 is 25.9 Å². The van der Waals surface area contributed by atoms with Crippen LogP contribution in [0.25, 0.3) is 0 Å². The van der Waals surface area contributed by atoms with Crippen LogP contribution in [0.3, 0.4) is 0 Å². The van der Waals surface area contributed by atoms with Gasteiger partial charge >= 0.3 is 0 Å². The topological polar surface area (TPSA) is 112 Å². The van der Waals surface area contributed by atoms with Crippen LogP contribution in [0.15, 0.2) is 24.3 Å². The van der Waals surface area contributed by atoms with Crippen molar-refractivity contribution in [1.29, 1.82) is 0 Å². The minimum Gasteiger partial charge on any atom is -0.286 e. The fourth-order valence-corrected chi connectivity index (χ4v) is 2.96. The Morgan fingerprint density at radius 2 is 1.33 bits per heavy atom. The van der Waals surface area contributed by atoms with Gasteiger partial charge in [-0.2, -0.15) is 16.8 Å². The first kappa shape index (κ1) is 18.0. The van der Waals surface area contributed by atoms with Crippen LogP contribution < -0.4 is 0 Å². The molecule has 21 heavy (non-hydrogen) atoms. The van der Waals surface area contributed by atoms with Gasteiger partial charge in [0.2, 0.25) is 0 Å². The summed E-state index contributed by atoms with van der Waals surface area (Å²) in [6.07, 6.45) is 8.91. The van der Waals surface area contributed by atoms with Gasteiger partial charge in [0.25, 0.3) is 20.2 Å². The van der Waals surface area contributed by atoms with Gasteiger partial charge in [-0.25, -0.2) is 4.58 Å². The van der Waals surface area contributed by atoms with E-state index >= 15 is 0 Å². The van der Waals surface area contributed by atoms with Gasteiger partial charge in [0, 0.05) is 25.0 Å². The second-order valence-electron chi connectivity index (χ2n) is 4.73. The van der Waals surface area contributed by atoms with E-state index in [1.54, 1.807) is 0 Å². The average Bonchev–Trinajstić information content (AvgIpc) is 2.35. The third kappa shape index (κ3) is 8.76. The molecule has 0 spiro atoms. The minimum atomic E-state index is -4.00. The van der Waals surface area contributed by atoms with Crippen LogP contribution in [-0.2, 0) is 20.2 Å². The lowest BCUT2D eigenvalue weighted by Crippen LogP contribution is -2.25. The van der Waals surface area contributed by atoms with Crippen molar-refractivity contribution in [3.63, 3.8) is 0 Å². The largest absolute Gasteiger partial charge is 0.286 e. The molecule has 1 rings (SSSR count). The predicted molar refractivity (Wildman–Crippen MR) is 80.0 cm³/mol. The van der Waals surface area contributed by atoms with Gasteiger partial charge in [-0.1, -0.05) is 12.2 Å². The molecular formula is C12H20NO6S2+. The van der Waals surface area contributed by atoms with E-state index in [1.807, 2.05) is 28.9 Å². The zero-order chi connectivity index (χ0) is 15.9. The van der Waals surface area contributed by atoms with Crippen LogP contribution in [0.2, 0.25) is 0 Å². The van der Waals surface area contributed by atoms with Crippen LogP contribution in [0, 0.1) is 0 Å². The van der Waals surface area contributed by atoms with Crippen molar-refractivity contribution in [2.75, 3.05) is 24.6 Å². The van der Waals surface area contributed by atoms with Crippen molar-refractivity contribution in [2.24, 2.45) is 0 Å². The highest BCUT2D eigenvalue weighted by atomic mass is 32.2. The van der Waals surface area contributed by atoms with E-state index in [1.165, 1.54) is 0 Å². The summed E-state index contributed by atoms with van der Waals surface area (Å²) in [6, 6.07) is 0. The monoisotopic (exact) mass is 338 g/mol. The van der Waals surface area contributed by atoms with Crippen LogP contribution in [0.5, 0.6) is 0 Å². The molecule has 1 aliphatic rings. The maximum Gasteiger partial charge on any atom is 0.265 e. The number of hydrogen-bond donors (Lipinski definition) is 2. The molecule has 0 atom stereocenters. The van der Waals surface area contributed by atoms with Crippen molar-refractivity contribution in [3.8, 4) is 0 Å². The maximum absolute atomic E-state index is 10.7. The van der Waals surface area contributed by atoms with E-state index in [-0.39, 0.29) is 24.3 Å². The molecule has 1 aliphatic carbocycles. The molecule has 0 aliphatic heterocycles. The molecule has 0 saturated carbocycles. The summed E-state index contributed by atoms with van der Waals surface area (Å²) in [5.74, 6) is -0.689. The lowest BCUT2D eigenvalue weighted by Gasteiger charge is -2.07. The van der Waals surface area contributed by atoms with Crippen molar-refractivity contribution in [2.45, 2.75) is 19.3 Å². The second kappa shape index (κ2) is 7.83. The summed E-state index contributed by atoms with van der Waals surface area (Å²) in [7, 11) is -8.00. The van der Waals surface area contributed by atoms with Gasteiger partial charge in [0.1, 0.15) is 13.1 Å². The molecule has 0 aromatic rings. The molecule has 0 saturated heterocycles. The van der Waals surface area contributed by atoms with Crippen LogP contribution >= 0.6 is 0 Å². The fourth-order valence-electron chi connectivity index (χ4n) is 1.97. The first-order chi connectivity index (χ1) is 9.67. The number of hydrogen-bond acceptors (Lipinski definition) is 4. The Kier molecular flexibility index (Phi) is 6.72. The maximum atomic E-state index is 10.7. The van der Waals surface area contributed by atoms with Gasteiger partial charge in [-0.3, -0.25) is 9.11 Å². The predicted octanol–water partition coefficient (Wildman–Crippen LogP) is 0.512. The van der Waals surface area contributed by atoms with Gasteiger partial charge < -0.3 is 0 Å². The Morgan fingerprint density at radius 3 is 1.71 bits per heavy atom. The molecule has 0 amide bonds. The molecule has 7 nitrogen and oxygen atoms in total. The Hall–Kier alpha value is -1.03. The van der Waals surface area contributed by atoms with Crippen molar-refractivity contribution in [3.05, 3.63) is 24.3 Å². The number of rotatable bonds is 8. The average molecular weight is 338 g/mol. The molecule has 0 radical (unpaired) electrons. The van der Waals surface area contributed by atoms with E-state index in [9.17, 15) is 16.8 Å². The summed E-state index contributed by atoms with van der Waals surface area (Å²) < 4.78 is 62.2. The van der Waals surface area contributed by atoms with E-state index in [0.717, 1.165) is 12.1 Å². The smallest absolute Gasteiger partial charge is 0.265 e. The summed E-state index contributed by atoms with van der Waals surface area (Å²) in [5, 5.41) is 0. The first-order valence-corrected chi connectivity index (χ1v) is 9.74. The highest BCUT2D eigenvalue weighted by Gasteiger charge is 2.15. The second-order valence-corrected chi connectivity index (χ2v) is 7.88. The third-order valence-electron chi connectivity index (χ3n) is 2.88. The molecule has 0 unspecified atom stereocenters. The SMILES string of the molecule is O=S(=O)(O)CCC[N+](CCCS(=O)(=O)O)=C1C=CCC=C1. The van der Waals surface area contributed by atoms with E-state index in [4.69, 9.17) is 9.11 Å². The zero-order valence-corrected chi connectivity index (χ0v) is 13.2. The molecule has 0 aromatic heterocycles. The lowest BCUT2D eigenvalue weighted by molar-refractivity contribution is -0.526. The molecule has 2 N–H and O–H groups in total. The third-order valence-corrected chi connectivity index (χ3v) is 4.48. The van der Waals surface area contributed by atoms with Gasteiger partial charge in [0.05, 0.1) is 11.5 Å². The van der Waals surface area contributed by atoms with E-state index < -0.39 is 20.2 Å². The highest BCUT2D eigenvalue weighted by Crippen LogP contribution is 2.02. The summed E-state index contributed by atoms with van der Waals surface area (Å²) in [5.41, 5.74) is 0.854. The quantitative estimate of drug-likeness (QED) is 0.493. The Bertz CT molecular complexity index is 589. The first-order valence-electron chi connectivity index (χ1n) is 6.53.